The van der Waals surface area contributed by atoms with Gasteiger partial charge in [-0.1, -0.05) is 381 Å². The Labute approximate surface area is 662 Å². The number of nitrogens with one attached hydrogen (secondary N) is 3. The molecule has 0 heterocycles. The number of hydrogen-bond donors (Lipinski definition) is 9. The quantitative estimate of drug-likeness (QED) is 0.0157. The fourth-order valence-electron chi connectivity index (χ4n) is 15.2. The molecule has 0 atom stereocenters. The van der Waals surface area contributed by atoms with E-state index in [9.17, 15) is 45.0 Å². The third-order valence-electron chi connectivity index (χ3n) is 23.0. The van der Waals surface area contributed by atoms with Gasteiger partial charge in [0.15, 0.2) is 0 Å². The molecule has 0 aliphatic heterocycles. The Hall–Kier alpha value is -1.77. The van der Waals surface area contributed by atoms with Gasteiger partial charge in [0.25, 0.3) is 0 Å². The third kappa shape index (κ3) is 61.4. The Morgan fingerprint density at radius 2 is 0.411 bits per heavy atom. The van der Waals surface area contributed by atoms with E-state index in [1.807, 2.05) is 0 Å². The maximum atomic E-state index is 14.0. The van der Waals surface area contributed by atoms with Crippen LogP contribution in [0.25, 0.3) is 0 Å². The predicted molar refractivity (Wildman–Crippen MR) is 453 cm³/mol. The Morgan fingerprint density at radius 3 is 0.589 bits per heavy atom. The molecule has 0 spiro atoms. The Morgan fingerprint density at radius 1 is 0.252 bits per heavy atom. The number of aliphatic hydroxyl groups is 6. The van der Waals surface area contributed by atoms with E-state index in [0.29, 0.717) is 32.2 Å². The molecule has 16 nitrogen and oxygen atoms in total. The summed E-state index contributed by atoms with van der Waals surface area (Å²) in [4.78, 5) is 41.9. The number of amides is 3. The first-order valence-corrected chi connectivity index (χ1v) is 48.4. The van der Waals surface area contributed by atoms with Crippen molar-refractivity contribution in [2.45, 2.75) is 475 Å². The first-order valence-electron chi connectivity index (χ1n) is 46.5. The predicted octanol–water partition coefficient (Wildman–Crippen LogP) is 21.4. The molecule has 0 unspecified atom stereocenters. The van der Waals surface area contributed by atoms with Gasteiger partial charge in [0.2, 0.25) is 17.7 Å². The summed E-state index contributed by atoms with van der Waals surface area (Å²) >= 11 is 0. The average Bonchev–Trinajstić information content (AvgIpc) is 0.809. The summed E-state index contributed by atoms with van der Waals surface area (Å²) in [6, 6.07) is 0.136. The van der Waals surface area contributed by atoms with Crippen LogP contribution < -0.4 is 16.0 Å². The third-order valence-corrected chi connectivity index (χ3v) is 25.8. The van der Waals surface area contributed by atoms with Gasteiger partial charge in [0.05, 0.1) is 86.1 Å². The molecule has 0 saturated carbocycles. The zero-order valence-electron chi connectivity index (χ0n) is 71.7. The molecule has 0 aromatic rings. The van der Waals surface area contributed by atoms with Crippen LogP contribution in [-0.4, -0.2) is 164 Å². The van der Waals surface area contributed by atoms with E-state index < -0.39 is 84.9 Å². The standard InChI is InChI=1S/C90H182N4O12Si/c1-7-12-17-22-27-32-37-39-41-46-51-56-61-66-72-94(6,73-67-62-57-52-47-42-40-38-33-28-23-18-13-8-2)74-68-75-107(104-82-88(76-95,77-96)91-85(101)69-63-58-53-48-43-34-29-24-19-14-9-3,105-83-89(78-97,79-98)92-86(102)70-64-59-54-49-44-35-30-25-20-15-10-4)106-84-90(80-99,81-100)93-87(103)71-65-60-55-50-45-36-31-26-21-16-11-5/h95-100H,7-84H2,1-6H3,(H2-,91,92,93,101,102,103)/p+1. The summed E-state index contributed by atoms with van der Waals surface area (Å²) in [5, 5.41) is 76.6. The molecular formula is C90H183N4O12Si+. The fourth-order valence-corrected chi connectivity index (χ4v) is 17.9. The van der Waals surface area contributed by atoms with E-state index in [1.54, 1.807) is 0 Å². The van der Waals surface area contributed by atoms with Crippen molar-refractivity contribution in [3.05, 3.63) is 0 Å². The van der Waals surface area contributed by atoms with Gasteiger partial charge in [-0.3, -0.25) is 14.4 Å². The second-order valence-electron chi connectivity index (χ2n) is 33.9. The molecule has 9 N–H and O–H groups in total. The molecule has 0 aliphatic carbocycles. The van der Waals surface area contributed by atoms with Crippen LogP contribution in [0.15, 0.2) is 0 Å². The van der Waals surface area contributed by atoms with Crippen LogP contribution in [0.4, 0.5) is 0 Å². The van der Waals surface area contributed by atoms with E-state index >= 15 is 0 Å². The lowest BCUT2D eigenvalue weighted by molar-refractivity contribution is -0.910. The fraction of sp³-hybridized carbons (Fsp3) is 0.967. The number of nitrogens with zero attached hydrogens (tertiary/aromatic N) is 1. The van der Waals surface area contributed by atoms with Crippen LogP contribution in [0, 0.1) is 0 Å². The number of carbonyl (C=O) groups excluding carboxylic acids is 3. The van der Waals surface area contributed by atoms with Gasteiger partial charge in [-0.25, -0.2) is 0 Å². The smallest absolute Gasteiger partial charge is 0.394 e. The van der Waals surface area contributed by atoms with E-state index in [2.05, 4.69) is 57.6 Å². The highest BCUT2D eigenvalue weighted by molar-refractivity contribution is 6.60. The van der Waals surface area contributed by atoms with Gasteiger partial charge in [-0.15, -0.1) is 0 Å². The van der Waals surface area contributed by atoms with E-state index in [4.69, 9.17) is 13.3 Å². The summed E-state index contributed by atoms with van der Waals surface area (Å²) < 4.78 is 21.9. The lowest BCUT2D eigenvalue weighted by atomic mass is 10.0. The zero-order chi connectivity index (χ0) is 78.6. The monoisotopic (exact) mass is 1540 g/mol. The molecule has 17 heteroatoms. The first kappa shape index (κ1) is 105. The van der Waals surface area contributed by atoms with Gasteiger partial charge >= 0.3 is 8.80 Å². The number of carbonyl (C=O) groups is 3. The van der Waals surface area contributed by atoms with Crippen LogP contribution in [0.2, 0.25) is 6.04 Å². The van der Waals surface area contributed by atoms with Crippen molar-refractivity contribution in [3.8, 4) is 0 Å². The molecule has 0 aromatic heterocycles. The van der Waals surface area contributed by atoms with Gasteiger partial charge in [0, 0.05) is 31.7 Å². The molecule has 0 bridgehead atoms. The zero-order valence-corrected chi connectivity index (χ0v) is 72.7. The maximum Gasteiger partial charge on any atom is 0.501 e. The van der Waals surface area contributed by atoms with E-state index in [0.717, 1.165) is 101 Å². The number of unbranched alkanes of at least 4 members (excludes halogenated alkanes) is 56. The summed E-state index contributed by atoms with van der Waals surface area (Å²) in [7, 11) is -2.07. The summed E-state index contributed by atoms with van der Waals surface area (Å²) in [5.41, 5.74) is -5.10. The summed E-state index contributed by atoms with van der Waals surface area (Å²) in [5.74, 6) is -1.04. The molecule has 0 fully saturated rings. The summed E-state index contributed by atoms with van der Waals surface area (Å²) in [6.07, 6.45) is 74.2. The second-order valence-corrected chi connectivity index (χ2v) is 36.7. The minimum absolute atomic E-state index is 0.136. The molecule has 0 radical (unpaired) electrons. The molecule has 0 saturated heterocycles. The molecular weight excluding hydrogens is 1360 g/mol. The molecule has 0 aliphatic rings. The highest BCUT2D eigenvalue weighted by atomic mass is 28.4. The maximum absolute atomic E-state index is 14.0. The van der Waals surface area contributed by atoms with E-state index in [-0.39, 0.29) is 43.0 Å². The SMILES string of the molecule is CCCCCCCCCCCCCCCC[N+](C)(CCCCCCCCCCCCCCCC)CCC[Si](OCC(CO)(CO)NC(=O)CCCCCCCCCCCCC)(OCC(CO)(CO)NC(=O)CCCCCCCCCCCCC)OCC(CO)(CO)NC(=O)CCCCCCCCCCCCC. The van der Waals surface area contributed by atoms with Crippen LogP contribution in [-0.2, 0) is 27.7 Å². The highest BCUT2D eigenvalue weighted by Gasteiger charge is 2.49. The topological polar surface area (TPSA) is 236 Å². The minimum Gasteiger partial charge on any atom is -0.394 e. The van der Waals surface area contributed by atoms with Gasteiger partial charge in [-0.2, -0.15) is 0 Å². The van der Waals surface area contributed by atoms with Gasteiger partial charge in [-0.05, 0) is 44.9 Å². The molecule has 638 valence electrons. The van der Waals surface area contributed by atoms with Crippen LogP contribution in [0.1, 0.15) is 452 Å². The minimum atomic E-state index is -4.42. The van der Waals surface area contributed by atoms with Crippen LogP contribution in [0.5, 0.6) is 0 Å². The van der Waals surface area contributed by atoms with Crippen molar-refractivity contribution in [3.63, 3.8) is 0 Å². The van der Waals surface area contributed by atoms with Gasteiger partial charge < -0.3 is 64.4 Å². The number of rotatable bonds is 88. The van der Waals surface area contributed by atoms with Gasteiger partial charge in [0.1, 0.15) is 16.6 Å². The van der Waals surface area contributed by atoms with Crippen molar-refractivity contribution in [1.29, 1.82) is 0 Å². The second kappa shape index (κ2) is 75.6. The van der Waals surface area contributed by atoms with Crippen molar-refractivity contribution in [1.82, 2.24) is 16.0 Å². The normalized spacial score (nSPS) is 12.4. The lowest BCUT2D eigenvalue weighted by Gasteiger charge is -2.41. The highest BCUT2D eigenvalue weighted by Crippen LogP contribution is 2.28. The van der Waals surface area contributed by atoms with E-state index in [1.165, 1.54) is 289 Å². The number of quaternary nitrogens is 1. The van der Waals surface area contributed by atoms with Crippen LogP contribution >= 0.6 is 0 Å². The average molecular weight is 1540 g/mol. The van der Waals surface area contributed by atoms with Crippen LogP contribution in [0.3, 0.4) is 0 Å². The number of aliphatic hydroxyl groups excluding tert-OH is 6. The van der Waals surface area contributed by atoms with Crippen molar-refractivity contribution in [2.24, 2.45) is 0 Å². The molecule has 107 heavy (non-hydrogen) atoms. The molecule has 3 amide bonds. The Balaban J connectivity index is 7.29. The Kier molecular flexibility index (Phi) is 74.3. The number of hydrogen-bond acceptors (Lipinski definition) is 12. The Bertz CT molecular complexity index is 1730. The molecule has 0 aromatic carbocycles. The van der Waals surface area contributed by atoms with Crippen molar-refractivity contribution >= 4 is 26.5 Å². The van der Waals surface area contributed by atoms with Crippen molar-refractivity contribution < 1.29 is 62.8 Å². The largest absolute Gasteiger partial charge is 0.501 e. The summed E-state index contributed by atoms with van der Waals surface area (Å²) in [6.45, 7) is 8.39. The molecule has 0 rings (SSSR count). The van der Waals surface area contributed by atoms with Crippen molar-refractivity contribution in [2.75, 3.05) is 86.1 Å². The first-order chi connectivity index (χ1) is 52.2. The lowest BCUT2D eigenvalue weighted by Crippen LogP contribution is -2.65.